The second-order valence-corrected chi connectivity index (χ2v) is 15.0. The minimum absolute atomic E-state index is 0.0213. The van der Waals surface area contributed by atoms with Crippen molar-refractivity contribution in [3.63, 3.8) is 0 Å². The fourth-order valence-electron chi connectivity index (χ4n) is 8.00. The Bertz CT molecular complexity index is 1480. The van der Waals surface area contributed by atoms with E-state index in [9.17, 15) is 23.6 Å². The van der Waals surface area contributed by atoms with E-state index in [2.05, 4.69) is 15.6 Å². The van der Waals surface area contributed by atoms with Crippen molar-refractivity contribution in [2.24, 2.45) is 23.7 Å². The van der Waals surface area contributed by atoms with Crippen LogP contribution >= 0.6 is 11.6 Å². The van der Waals surface area contributed by atoms with E-state index < -0.39 is 36.4 Å². The van der Waals surface area contributed by atoms with E-state index in [4.69, 9.17) is 21.1 Å². The van der Waals surface area contributed by atoms with Crippen molar-refractivity contribution in [1.82, 2.24) is 15.2 Å². The first-order valence-electron chi connectivity index (χ1n) is 17.5. The summed E-state index contributed by atoms with van der Waals surface area (Å²) in [6.07, 6.45) is 8.04. The molecule has 1 aromatic carbocycles. The number of alkyl carbamates (subject to hydrolysis) is 1. The Morgan fingerprint density at radius 2 is 1.75 bits per heavy atom. The van der Waals surface area contributed by atoms with E-state index in [1.165, 1.54) is 6.42 Å². The molecule has 0 radical (unpaired) electrons. The Balaban J connectivity index is 1.29. The van der Waals surface area contributed by atoms with Gasteiger partial charge in [0.1, 0.15) is 24.0 Å². The molecule has 3 aliphatic rings. The van der Waals surface area contributed by atoms with Gasteiger partial charge < -0.3 is 30.0 Å². The smallest absolute Gasteiger partial charge is 0.407 e. The van der Waals surface area contributed by atoms with Crippen LogP contribution in [-0.2, 0) is 19.1 Å². The van der Waals surface area contributed by atoms with Crippen LogP contribution in [-0.4, -0.2) is 71.3 Å². The summed E-state index contributed by atoms with van der Waals surface area (Å²) in [5.74, 6) is -0.713. The molecule has 1 aliphatic heterocycles. The van der Waals surface area contributed by atoms with Crippen molar-refractivity contribution in [2.45, 2.75) is 110 Å². The maximum Gasteiger partial charge on any atom is 0.407 e. The quantitative estimate of drug-likeness (QED) is 0.236. The molecule has 0 bridgehead atoms. The van der Waals surface area contributed by atoms with Crippen molar-refractivity contribution >= 4 is 52.1 Å². The SMILES string of the molecule is CCOC(=O)c1[nH]c2ccc(NC(=O)[C@@H]3[C@H](C4CCCCC4)CCN3C(=O)C3CCC([C@@H](CF)NC(=O)OC(C)(C)C)CC3)cc2c1Cl. The van der Waals surface area contributed by atoms with Gasteiger partial charge in [0, 0.05) is 29.1 Å². The number of anilines is 1. The van der Waals surface area contributed by atoms with E-state index >= 15 is 0 Å². The number of likely N-dealkylation sites (tertiary alicyclic amines) is 1. The molecule has 2 aliphatic carbocycles. The first-order chi connectivity index (χ1) is 22.9. The third kappa shape index (κ3) is 8.26. The monoisotopic (exact) mass is 688 g/mol. The zero-order valence-corrected chi connectivity index (χ0v) is 29.3. The lowest BCUT2D eigenvalue weighted by Crippen LogP contribution is -2.50. The molecule has 1 saturated heterocycles. The summed E-state index contributed by atoms with van der Waals surface area (Å²) in [7, 11) is 0. The van der Waals surface area contributed by atoms with Gasteiger partial charge in [0.2, 0.25) is 11.8 Å². The normalized spacial score (nSPS) is 24.2. The summed E-state index contributed by atoms with van der Waals surface area (Å²) < 4.78 is 24.5. The second kappa shape index (κ2) is 15.5. The number of nitrogens with zero attached hydrogens (tertiary/aromatic N) is 1. The van der Waals surface area contributed by atoms with Crippen molar-refractivity contribution in [2.75, 3.05) is 25.1 Å². The average molecular weight is 689 g/mol. The van der Waals surface area contributed by atoms with Crippen molar-refractivity contribution < 1.29 is 33.0 Å². The van der Waals surface area contributed by atoms with Crippen LogP contribution in [0, 0.1) is 23.7 Å². The number of benzene rings is 1. The fraction of sp³-hybridized carbons (Fsp3) is 0.667. The third-order valence-corrected chi connectivity index (χ3v) is 10.7. The lowest BCUT2D eigenvalue weighted by Gasteiger charge is -2.37. The molecule has 10 nitrogen and oxygen atoms in total. The van der Waals surface area contributed by atoms with Gasteiger partial charge in [-0.15, -0.1) is 0 Å². The highest BCUT2D eigenvalue weighted by molar-refractivity contribution is 6.38. The van der Waals surface area contributed by atoms with Crippen LogP contribution in [0.2, 0.25) is 5.02 Å². The Hall–Kier alpha value is -3.34. The summed E-state index contributed by atoms with van der Waals surface area (Å²) in [6.45, 7) is 7.04. The van der Waals surface area contributed by atoms with Gasteiger partial charge in [-0.3, -0.25) is 9.59 Å². The fourth-order valence-corrected chi connectivity index (χ4v) is 8.28. The lowest BCUT2D eigenvalue weighted by molar-refractivity contribution is -0.142. The highest BCUT2D eigenvalue weighted by Crippen LogP contribution is 2.42. The highest BCUT2D eigenvalue weighted by atomic mass is 35.5. The molecule has 264 valence electrons. The summed E-state index contributed by atoms with van der Waals surface area (Å²) in [5.41, 5.74) is 0.653. The van der Waals surface area contributed by atoms with Crippen LogP contribution < -0.4 is 10.6 Å². The topological polar surface area (TPSA) is 130 Å². The van der Waals surface area contributed by atoms with Crippen molar-refractivity contribution in [3.05, 3.63) is 28.9 Å². The molecule has 3 fully saturated rings. The van der Waals surface area contributed by atoms with E-state index in [1.54, 1.807) is 50.8 Å². The number of fused-ring (bicyclic) bond motifs is 1. The van der Waals surface area contributed by atoms with Gasteiger partial charge in [-0.2, -0.15) is 0 Å². The number of alkyl halides is 1. The number of nitrogens with one attached hydrogen (secondary N) is 3. The molecule has 0 unspecified atom stereocenters. The molecule has 3 amide bonds. The maximum atomic E-state index is 14.2. The number of H-pyrrole nitrogens is 1. The minimum Gasteiger partial charge on any atom is -0.461 e. The Morgan fingerprint density at radius 3 is 2.40 bits per heavy atom. The van der Waals surface area contributed by atoms with Gasteiger partial charge in [-0.1, -0.05) is 43.7 Å². The number of halogens is 2. The number of esters is 1. The van der Waals surface area contributed by atoms with Crippen LogP contribution in [0.25, 0.3) is 10.9 Å². The van der Waals surface area contributed by atoms with Gasteiger partial charge >= 0.3 is 12.1 Å². The van der Waals surface area contributed by atoms with Crippen LogP contribution in [0.3, 0.4) is 0 Å². The maximum absolute atomic E-state index is 14.2. The largest absolute Gasteiger partial charge is 0.461 e. The minimum atomic E-state index is -0.705. The molecule has 48 heavy (non-hydrogen) atoms. The number of amides is 3. The summed E-state index contributed by atoms with van der Waals surface area (Å²) >= 11 is 6.54. The number of hydrogen-bond donors (Lipinski definition) is 3. The highest BCUT2D eigenvalue weighted by Gasteiger charge is 2.47. The van der Waals surface area contributed by atoms with Crippen molar-refractivity contribution in [1.29, 1.82) is 0 Å². The number of rotatable bonds is 9. The molecular formula is C36H50ClFN4O6. The molecule has 2 aromatic rings. The summed E-state index contributed by atoms with van der Waals surface area (Å²) in [6, 6.07) is 3.98. The van der Waals surface area contributed by atoms with Gasteiger partial charge in [0.15, 0.2) is 0 Å². The molecular weight excluding hydrogens is 639 g/mol. The van der Waals surface area contributed by atoms with Crippen molar-refractivity contribution in [3.8, 4) is 0 Å². The standard InChI is InChI=1S/C36H50ClFN4O6/c1-5-47-34(45)30-29(37)26-19-24(15-16-27(26)40-30)39-32(43)31-25(21-9-7-6-8-10-21)17-18-42(31)33(44)23-13-11-22(12-14-23)28(20-38)41-35(46)48-36(2,3)4/h15-16,19,21-23,25,28,31,40H,5-14,17-18,20H2,1-4H3,(H,39,43)(H,41,46)/t22?,23?,25-,28+,31-/m0/s1. The number of hydrogen-bond acceptors (Lipinski definition) is 6. The average Bonchev–Trinajstić information content (AvgIpc) is 3.65. The third-order valence-electron chi connectivity index (χ3n) is 10.3. The molecule has 3 atom stereocenters. The van der Waals surface area contributed by atoms with E-state index in [1.807, 2.05) is 0 Å². The van der Waals surface area contributed by atoms with Crippen LogP contribution in [0.4, 0.5) is 14.9 Å². The van der Waals surface area contributed by atoms with Gasteiger partial charge in [-0.05, 0) is 95.8 Å². The zero-order chi connectivity index (χ0) is 34.6. The first kappa shape index (κ1) is 36.0. The van der Waals surface area contributed by atoms with Crippen LogP contribution in [0.1, 0.15) is 102 Å². The molecule has 2 heterocycles. The van der Waals surface area contributed by atoms with Crippen LogP contribution in [0.5, 0.6) is 0 Å². The molecule has 5 rings (SSSR count). The lowest BCUT2D eigenvalue weighted by atomic mass is 9.76. The van der Waals surface area contributed by atoms with Gasteiger partial charge in [-0.25, -0.2) is 14.0 Å². The number of carbonyl (C=O) groups is 4. The molecule has 3 N–H and O–H groups in total. The Labute approximate surface area is 287 Å². The van der Waals surface area contributed by atoms with E-state index in [-0.39, 0.29) is 46.9 Å². The summed E-state index contributed by atoms with van der Waals surface area (Å²) in [4.78, 5) is 57.8. The number of aromatic amines is 1. The zero-order valence-electron chi connectivity index (χ0n) is 28.5. The Kier molecular flexibility index (Phi) is 11.6. The van der Waals surface area contributed by atoms with Gasteiger partial charge in [0.05, 0.1) is 17.7 Å². The molecule has 12 heteroatoms. The van der Waals surface area contributed by atoms with Gasteiger partial charge in [0.25, 0.3) is 0 Å². The van der Waals surface area contributed by atoms with E-state index in [0.29, 0.717) is 54.7 Å². The molecule has 1 aromatic heterocycles. The predicted molar refractivity (Wildman–Crippen MR) is 183 cm³/mol. The van der Waals surface area contributed by atoms with Crippen LogP contribution in [0.15, 0.2) is 18.2 Å². The number of aromatic nitrogens is 1. The number of carbonyl (C=O) groups excluding carboxylic acids is 4. The molecule has 2 saturated carbocycles. The molecule has 0 spiro atoms. The summed E-state index contributed by atoms with van der Waals surface area (Å²) in [5, 5.41) is 6.58. The number of ether oxygens (including phenoxy) is 2. The first-order valence-corrected chi connectivity index (χ1v) is 17.9. The Morgan fingerprint density at radius 1 is 1.04 bits per heavy atom. The predicted octanol–water partition coefficient (Wildman–Crippen LogP) is 7.40. The van der Waals surface area contributed by atoms with E-state index in [0.717, 1.165) is 32.1 Å². The second-order valence-electron chi connectivity index (χ2n) is 14.6.